The van der Waals surface area contributed by atoms with Crippen LogP contribution in [0.5, 0.6) is 0 Å². The maximum absolute atomic E-state index is 12.2. The van der Waals surface area contributed by atoms with Crippen molar-refractivity contribution in [3.63, 3.8) is 0 Å². The van der Waals surface area contributed by atoms with Gasteiger partial charge in [-0.2, -0.15) is 0 Å². The zero-order valence-electron chi connectivity index (χ0n) is 12.0. The van der Waals surface area contributed by atoms with Crippen LogP contribution in [-0.4, -0.2) is 42.2 Å². The fraction of sp³-hybridized carbons (Fsp3) is 0.462. The van der Waals surface area contributed by atoms with Gasteiger partial charge in [-0.05, 0) is 19.4 Å². The summed E-state index contributed by atoms with van der Waals surface area (Å²) >= 11 is 0. The molecule has 1 heterocycles. The van der Waals surface area contributed by atoms with Crippen LogP contribution in [0.25, 0.3) is 0 Å². The molecule has 2 unspecified atom stereocenters. The third kappa shape index (κ3) is 6.35. The molecule has 1 rings (SSSR count). The molecule has 116 valence electrons. The van der Waals surface area contributed by atoms with Crippen LogP contribution < -0.4 is 10.5 Å². The molecule has 21 heavy (non-hydrogen) atoms. The summed E-state index contributed by atoms with van der Waals surface area (Å²) in [6.45, 7) is 1.93. The summed E-state index contributed by atoms with van der Waals surface area (Å²) < 4.78 is 38.0. The van der Waals surface area contributed by atoms with Gasteiger partial charge in [0.15, 0.2) is 0 Å². The minimum atomic E-state index is -3.67. The summed E-state index contributed by atoms with van der Waals surface area (Å²) in [7, 11) is -4.61. The fourth-order valence-corrected chi connectivity index (χ4v) is 3.47. The summed E-state index contributed by atoms with van der Waals surface area (Å²) in [6, 6.07) is 1.14. The molecule has 0 saturated heterocycles. The lowest BCUT2D eigenvalue weighted by molar-refractivity contribution is 0.555. The third-order valence-corrected chi connectivity index (χ3v) is 4.92. The molecule has 0 radical (unpaired) electrons. The van der Waals surface area contributed by atoms with Gasteiger partial charge in [-0.1, -0.05) is 11.8 Å². The van der Waals surface area contributed by atoms with Crippen molar-refractivity contribution >= 4 is 20.8 Å². The minimum Gasteiger partial charge on any atom is -0.320 e. The van der Waals surface area contributed by atoms with E-state index in [0.29, 0.717) is 17.7 Å². The molecule has 0 amide bonds. The molecule has 6 nitrogen and oxygen atoms in total. The maximum atomic E-state index is 12.2. The van der Waals surface area contributed by atoms with Crippen molar-refractivity contribution in [1.29, 1.82) is 0 Å². The molecule has 0 aliphatic rings. The number of aromatic nitrogens is 1. The number of nitrogens with two attached hydrogens (primary N) is 1. The second-order valence-corrected chi connectivity index (χ2v) is 7.77. The monoisotopic (exact) mass is 329 g/mol. The van der Waals surface area contributed by atoms with E-state index in [9.17, 15) is 12.6 Å². The van der Waals surface area contributed by atoms with Gasteiger partial charge >= 0.3 is 0 Å². The van der Waals surface area contributed by atoms with E-state index in [-0.39, 0.29) is 17.5 Å². The third-order valence-electron chi connectivity index (χ3n) is 2.55. The van der Waals surface area contributed by atoms with Crippen LogP contribution >= 0.6 is 0 Å². The average molecular weight is 329 g/mol. The van der Waals surface area contributed by atoms with E-state index >= 15 is 0 Å². The first kappa shape index (κ1) is 17.8. The molecular weight excluding hydrogens is 310 g/mol. The quantitative estimate of drug-likeness (QED) is 0.705. The molecule has 0 bridgehead atoms. The van der Waals surface area contributed by atoms with Gasteiger partial charge in [-0.3, -0.25) is 9.19 Å². The van der Waals surface area contributed by atoms with Gasteiger partial charge in [-0.15, -0.1) is 0 Å². The van der Waals surface area contributed by atoms with Gasteiger partial charge in [0.25, 0.3) is 0 Å². The van der Waals surface area contributed by atoms with E-state index in [1.165, 1.54) is 18.5 Å². The molecule has 1 aromatic heterocycles. The van der Waals surface area contributed by atoms with Crippen LogP contribution in [-0.2, 0) is 20.8 Å². The number of nitrogens with one attached hydrogen (secondary N) is 1. The summed E-state index contributed by atoms with van der Waals surface area (Å²) in [6.07, 6.45) is 4.83. The summed E-state index contributed by atoms with van der Waals surface area (Å²) in [5.74, 6) is 5.83. The number of nitrogens with zero attached hydrogens (tertiary/aromatic N) is 1. The molecule has 0 spiro atoms. The van der Waals surface area contributed by atoms with Crippen LogP contribution in [0.4, 0.5) is 0 Å². The lowest BCUT2D eigenvalue weighted by atomic mass is 10.3. The van der Waals surface area contributed by atoms with Gasteiger partial charge in [-0.25, -0.2) is 13.1 Å². The van der Waals surface area contributed by atoms with E-state index in [0.717, 1.165) is 0 Å². The van der Waals surface area contributed by atoms with Crippen LogP contribution in [0.1, 0.15) is 18.9 Å². The number of hydrogen-bond acceptors (Lipinski definition) is 5. The second-order valence-electron chi connectivity index (χ2n) is 4.50. The first-order valence-electron chi connectivity index (χ1n) is 6.31. The Morgan fingerprint density at radius 1 is 1.48 bits per heavy atom. The molecule has 0 aliphatic heterocycles. The van der Waals surface area contributed by atoms with Gasteiger partial charge < -0.3 is 5.73 Å². The van der Waals surface area contributed by atoms with Crippen molar-refractivity contribution in [2.24, 2.45) is 5.73 Å². The van der Waals surface area contributed by atoms with E-state index in [2.05, 4.69) is 21.5 Å². The Hall–Kier alpha value is -1.27. The second kappa shape index (κ2) is 8.24. The Labute approximate surface area is 128 Å². The van der Waals surface area contributed by atoms with Gasteiger partial charge in [0.2, 0.25) is 10.0 Å². The number of sulfonamides is 1. The smallest absolute Gasteiger partial charge is 0.242 e. The van der Waals surface area contributed by atoms with E-state index in [4.69, 9.17) is 5.73 Å². The number of rotatable bonds is 6. The number of hydrogen-bond donors (Lipinski definition) is 2. The average Bonchev–Trinajstić information content (AvgIpc) is 2.43. The predicted molar refractivity (Wildman–Crippen MR) is 83.5 cm³/mol. The highest BCUT2D eigenvalue weighted by Crippen LogP contribution is 2.10. The zero-order valence-corrected chi connectivity index (χ0v) is 13.6. The van der Waals surface area contributed by atoms with Crippen molar-refractivity contribution in [1.82, 2.24) is 9.71 Å². The normalized spacial score (nSPS) is 14.0. The molecule has 0 aromatic carbocycles. The number of pyridine rings is 1. The molecule has 3 N–H and O–H groups in total. The first-order chi connectivity index (χ1) is 9.85. The van der Waals surface area contributed by atoms with Crippen molar-refractivity contribution in [3.8, 4) is 11.8 Å². The maximum Gasteiger partial charge on any atom is 0.242 e. The highest BCUT2D eigenvalue weighted by atomic mass is 32.2. The van der Waals surface area contributed by atoms with E-state index in [1.54, 1.807) is 13.2 Å². The Morgan fingerprint density at radius 2 is 2.19 bits per heavy atom. The predicted octanol–water partition coefficient (Wildman–Crippen LogP) is -0.173. The summed E-state index contributed by atoms with van der Waals surface area (Å²) in [4.78, 5) is 3.93. The van der Waals surface area contributed by atoms with Crippen LogP contribution in [0.2, 0.25) is 0 Å². The Balaban J connectivity index is 2.85. The molecule has 1 aromatic rings. The van der Waals surface area contributed by atoms with E-state index in [1.807, 2.05) is 0 Å². The molecule has 0 aliphatic carbocycles. The van der Waals surface area contributed by atoms with Gasteiger partial charge in [0.1, 0.15) is 4.90 Å². The standard InChI is InChI=1S/C13H19N3O3S2/c1-11(5-7-20(2)17)16-21(18,19)13-8-12(4-3-6-14)9-15-10-13/h8-11,16H,5-7,14H2,1-2H3. The topological polar surface area (TPSA) is 102 Å². The molecule has 2 atom stereocenters. The lowest BCUT2D eigenvalue weighted by Crippen LogP contribution is -2.33. The molecule has 0 saturated carbocycles. The zero-order chi connectivity index (χ0) is 15.9. The lowest BCUT2D eigenvalue weighted by Gasteiger charge is -2.13. The Bertz CT molecular complexity index is 663. The largest absolute Gasteiger partial charge is 0.320 e. The molecule has 0 fully saturated rings. The first-order valence-corrected chi connectivity index (χ1v) is 9.52. The van der Waals surface area contributed by atoms with Crippen molar-refractivity contribution in [3.05, 3.63) is 24.0 Å². The van der Waals surface area contributed by atoms with Crippen molar-refractivity contribution < 1.29 is 12.6 Å². The Kier molecular flexibility index (Phi) is 6.98. The van der Waals surface area contributed by atoms with Crippen LogP contribution in [0.15, 0.2) is 23.4 Å². The highest BCUT2D eigenvalue weighted by Gasteiger charge is 2.18. The van der Waals surface area contributed by atoms with Crippen molar-refractivity contribution in [2.75, 3.05) is 18.6 Å². The summed E-state index contributed by atoms with van der Waals surface area (Å²) in [5, 5.41) is 0. The van der Waals surface area contributed by atoms with Gasteiger partial charge in [0.05, 0.1) is 6.54 Å². The van der Waals surface area contributed by atoms with Gasteiger partial charge in [0, 0.05) is 46.8 Å². The van der Waals surface area contributed by atoms with Crippen molar-refractivity contribution in [2.45, 2.75) is 24.3 Å². The highest BCUT2D eigenvalue weighted by molar-refractivity contribution is 7.89. The van der Waals surface area contributed by atoms with Crippen LogP contribution in [0, 0.1) is 11.8 Å². The molecule has 8 heteroatoms. The summed E-state index contributed by atoms with van der Waals surface area (Å²) in [5.41, 5.74) is 5.77. The fourth-order valence-electron chi connectivity index (χ4n) is 1.52. The SMILES string of the molecule is CC(CCS(C)=O)NS(=O)(=O)c1cncc(C#CCN)c1. The minimum absolute atomic E-state index is 0.0517. The van der Waals surface area contributed by atoms with E-state index < -0.39 is 20.8 Å². The molecular formula is C13H19N3O3S2. The Morgan fingerprint density at radius 3 is 2.81 bits per heavy atom. The van der Waals surface area contributed by atoms with Crippen LogP contribution in [0.3, 0.4) is 0 Å².